The molecule has 1 saturated carbocycles. The van der Waals surface area contributed by atoms with Gasteiger partial charge < -0.3 is 4.74 Å². The van der Waals surface area contributed by atoms with E-state index in [0.717, 1.165) is 24.8 Å². The normalized spacial score (nSPS) is 25.9. The van der Waals surface area contributed by atoms with Gasteiger partial charge in [0.15, 0.2) is 5.60 Å². The van der Waals surface area contributed by atoms with Crippen LogP contribution in [0.3, 0.4) is 0 Å². The van der Waals surface area contributed by atoms with E-state index in [4.69, 9.17) is 6.11 Å². The van der Waals surface area contributed by atoms with Gasteiger partial charge in [0.1, 0.15) is 1.37 Å². The predicted octanol–water partition coefficient (Wildman–Crippen LogP) is 3.32. The highest BCUT2D eigenvalue weighted by molar-refractivity contribution is 5.67. The number of unbranched alkanes of at least 4 members (excludes halogenated alkanes) is 1. The lowest BCUT2D eigenvalue weighted by molar-refractivity contribution is -0.154. The van der Waals surface area contributed by atoms with Crippen LogP contribution in [0.5, 0.6) is 0 Å². The number of esters is 1. The van der Waals surface area contributed by atoms with E-state index in [1.54, 1.807) is 0 Å². The van der Waals surface area contributed by atoms with Crippen LogP contribution in [0.2, 0.25) is 0 Å². The number of ether oxygens (including phenoxy) is 1. The summed E-state index contributed by atoms with van der Waals surface area (Å²) in [6, 6.07) is 0. The Morgan fingerprint density at radius 3 is 2.82 bits per heavy atom. The van der Waals surface area contributed by atoms with E-state index in [2.05, 4.69) is 25.8 Å². The van der Waals surface area contributed by atoms with Gasteiger partial charge in [0.25, 0.3) is 0 Å². The van der Waals surface area contributed by atoms with Gasteiger partial charge in [0, 0.05) is 12.8 Å². The van der Waals surface area contributed by atoms with Gasteiger partial charge >= 0.3 is 5.97 Å². The SMILES string of the molecule is [2H]C#CC(CCCC)(OC(C)=O)[C@H]1C[C@@H]1C(=C)C. The Labute approximate surface area is 106 Å². The summed E-state index contributed by atoms with van der Waals surface area (Å²) in [7, 11) is 0. The van der Waals surface area contributed by atoms with Gasteiger partial charge in [0.05, 0.1) is 0 Å². The van der Waals surface area contributed by atoms with Gasteiger partial charge in [-0.25, -0.2) is 0 Å². The van der Waals surface area contributed by atoms with Crippen LogP contribution in [0.1, 0.15) is 47.8 Å². The molecule has 0 aliphatic heterocycles. The Bertz CT molecular complexity index is 391. The van der Waals surface area contributed by atoms with Crippen LogP contribution in [0.4, 0.5) is 0 Å². The molecule has 1 rings (SSSR count). The summed E-state index contributed by atoms with van der Waals surface area (Å²) in [5, 5.41) is 0. The monoisotopic (exact) mass is 235 g/mol. The molecule has 2 nitrogen and oxygen atoms in total. The minimum absolute atomic E-state index is 0.211. The third-order valence-corrected chi connectivity index (χ3v) is 3.46. The Morgan fingerprint density at radius 1 is 1.71 bits per heavy atom. The Hall–Kier alpha value is -1.23. The maximum Gasteiger partial charge on any atom is 0.304 e. The predicted molar refractivity (Wildman–Crippen MR) is 69.3 cm³/mol. The van der Waals surface area contributed by atoms with Crippen LogP contribution < -0.4 is 0 Å². The third-order valence-electron chi connectivity index (χ3n) is 3.46. The molecule has 0 radical (unpaired) electrons. The molecule has 0 spiro atoms. The second-order valence-corrected chi connectivity index (χ2v) is 5.01. The van der Waals surface area contributed by atoms with Gasteiger partial charge in [-0.2, -0.15) is 0 Å². The highest BCUT2D eigenvalue weighted by atomic mass is 16.6. The zero-order chi connectivity index (χ0) is 13.8. The summed E-state index contributed by atoms with van der Waals surface area (Å²) in [4.78, 5) is 11.3. The quantitative estimate of drug-likeness (QED) is 0.401. The second-order valence-electron chi connectivity index (χ2n) is 5.01. The first-order chi connectivity index (χ1) is 8.46. The minimum Gasteiger partial charge on any atom is -0.446 e. The Morgan fingerprint density at radius 2 is 2.41 bits per heavy atom. The molecule has 0 aromatic heterocycles. The number of allylic oxidation sites excluding steroid dienone is 1. The molecule has 1 aliphatic carbocycles. The van der Waals surface area contributed by atoms with Crippen LogP contribution in [0.25, 0.3) is 0 Å². The van der Waals surface area contributed by atoms with Crippen LogP contribution in [-0.2, 0) is 9.53 Å². The van der Waals surface area contributed by atoms with E-state index in [0.29, 0.717) is 12.3 Å². The molecule has 0 aromatic rings. The van der Waals surface area contributed by atoms with Gasteiger partial charge in [0.2, 0.25) is 0 Å². The fourth-order valence-corrected chi connectivity index (χ4v) is 2.44. The fourth-order valence-electron chi connectivity index (χ4n) is 2.44. The largest absolute Gasteiger partial charge is 0.446 e. The van der Waals surface area contributed by atoms with Crippen molar-refractivity contribution in [1.29, 1.82) is 0 Å². The first-order valence-corrected chi connectivity index (χ1v) is 6.25. The van der Waals surface area contributed by atoms with Crippen molar-refractivity contribution >= 4 is 5.97 Å². The molecule has 1 fully saturated rings. The highest BCUT2D eigenvalue weighted by Crippen LogP contribution is 2.53. The average molecular weight is 235 g/mol. The molecule has 0 N–H and O–H groups in total. The first kappa shape index (κ1) is 12.2. The molecule has 0 amide bonds. The lowest BCUT2D eigenvalue weighted by Crippen LogP contribution is -2.36. The van der Waals surface area contributed by atoms with E-state index in [1.807, 2.05) is 6.92 Å². The third kappa shape index (κ3) is 3.12. The first-order valence-electron chi connectivity index (χ1n) is 6.75. The summed E-state index contributed by atoms with van der Waals surface area (Å²) < 4.78 is 12.7. The van der Waals surface area contributed by atoms with Crippen molar-refractivity contribution in [3.8, 4) is 12.3 Å². The molecule has 0 saturated heterocycles. The number of carbonyl (C=O) groups is 1. The molecule has 94 valence electrons. The van der Waals surface area contributed by atoms with E-state index >= 15 is 0 Å². The van der Waals surface area contributed by atoms with Crippen molar-refractivity contribution in [2.45, 2.75) is 52.1 Å². The molecule has 0 bridgehead atoms. The van der Waals surface area contributed by atoms with E-state index in [9.17, 15) is 4.79 Å². The molecule has 1 aliphatic rings. The highest BCUT2D eigenvalue weighted by Gasteiger charge is 2.54. The van der Waals surface area contributed by atoms with Gasteiger partial charge in [-0.15, -0.1) is 6.40 Å². The molecular weight excluding hydrogens is 212 g/mol. The zero-order valence-corrected chi connectivity index (χ0v) is 11.0. The van der Waals surface area contributed by atoms with Crippen molar-refractivity contribution in [2.24, 2.45) is 11.8 Å². The number of hydrogen-bond donors (Lipinski definition) is 0. The van der Waals surface area contributed by atoms with Crippen molar-refractivity contribution in [1.82, 2.24) is 0 Å². The summed E-state index contributed by atoms with van der Waals surface area (Å²) in [6.07, 6.45) is 5.83. The zero-order valence-electron chi connectivity index (χ0n) is 12.0. The molecule has 3 atom stereocenters. The van der Waals surface area contributed by atoms with Crippen LogP contribution in [0, 0.1) is 24.2 Å². The van der Waals surface area contributed by atoms with Crippen LogP contribution in [-0.4, -0.2) is 11.6 Å². The molecule has 2 heteroatoms. The summed E-state index contributed by atoms with van der Waals surface area (Å²) >= 11 is 0. The van der Waals surface area contributed by atoms with E-state index < -0.39 is 5.60 Å². The molecular formula is C15H22O2. The van der Waals surface area contributed by atoms with Gasteiger partial charge in [-0.05, 0) is 32.1 Å². The van der Waals surface area contributed by atoms with Gasteiger partial charge in [-0.3, -0.25) is 4.79 Å². The lowest BCUT2D eigenvalue weighted by Gasteiger charge is -2.28. The number of terminal acetylenes is 1. The minimum atomic E-state index is -0.771. The van der Waals surface area contributed by atoms with Crippen molar-refractivity contribution in [3.63, 3.8) is 0 Å². The maximum atomic E-state index is 11.3. The second kappa shape index (κ2) is 5.40. The summed E-state index contributed by atoms with van der Waals surface area (Å²) in [5.74, 6) is 3.11. The standard InChI is InChI=1S/C15H22O2/c1-6-8-9-15(7-2,17-12(5)16)14-10-13(14)11(3)4/h2,13-14H,3,6,8-10H2,1,4-5H3/t13-,14+,15?/m1/s1/i2D. The molecule has 1 unspecified atom stereocenters. The Kier molecular flexibility index (Phi) is 3.89. The van der Waals surface area contributed by atoms with E-state index in [1.165, 1.54) is 6.92 Å². The van der Waals surface area contributed by atoms with Crippen LogP contribution >= 0.6 is 0 Å². The molecule has 0 heterocycles. The summed E-state index contributed by atoms with van der Waals surface area (Å²) in [6.45, 7) is 9.46. The topological polar surface area (TPSA) is 26.3 Å². The Balaban J connectivity index is 2.92. The van der Waals surface area contributed by atoms with Crippen LogP contribution in [0.15, 0.2) is 12.2 Å². The smallest absolute Gasteiger partial charge is 0.304 e. The van der Waals surface area contributed by atoms with E-state index in [-0.39, 0.29) is 11.9 Å². The van der Waals surface area contributed by atoms with Crippen molar-refractivity contribution in [2.75, 3.05) is 0 Å². The number of rotatable bonds is 6. The molecule has 0 aromatic carbocycles. The van der Waals surface area contributed by atoms with Crippen molar-refractivity contribution < 1.29 is 10.9 Å². The fraction of sp³-hybridized carbons (Fsp3) is 0.667. The number of carbonyl (C=O) groups excluding carboxylic acids is 1. The molecule has 17 heavy (non-hydrogen) atoms. The maximum absolute atomic E-state index is 11.3. The van der Waals surface area contributed by atoms with Crippen molar-refractivity contribution in [3.05, 3.63) is 12.2 Å². The summed E-state index contributed by atoms with van der Waals surface area (Å²) in [5.41, 5.74) is 0.340. The number of hydrogen-bond acceptors (Lipinski definition) is 2. The lowest BCUT2D eigenvalue weighted by atomic mass is 9.89. The average Bonchev–Trinajstić information content (AvgIpc) is 3.05. The van der Waals surface area contributed by atoms with Gasteiger partial charge in [-0.1, -0.05) is 31.4 Å².